The van der Waals surface area contributed by atoms with E-state index in [1.54, 1.807) is 18.6 Å². The number of aromatic amines is 1. The summed E-state index contributed by atoms with van der Waals surface area (Å²) in [7, 11) is 0. The van der Waals surface area contributed by atoms with Gasteiger partial charge in [0.15, 0.2) is 5.82 Å². The number of aryl methyl sites for hydroxylation is 1. The van der Waals surface area contributed by atoms with Gasteiger partial charge >= 0.3 is 0 Å². The zero-order chi connectivity index (χ0) is 21.3. The maximum atomic E-state index is 6.08. The van der Waals surface area contributed by atoms with Crippen LogP contribution in [0.3, 0.4) is 0 Å². The van der Waals surface area contributed by atoms with Gasteiger partial charge in [0.2, 0.25) is 0 Å². The predicted molar refractivity (Wildman–Crippen MR) is 119 cm³/mol. The molecule has 9 heteroatoms. The van der Waals surface area contributed by atoms with Gasteiger partial charge in [-0.2, -0.15) is 5.10 Å². The fraction of sp³-hybridized carbons (Fsp3) is 0.333. The molecule has 0 bridgehead atoms. The molecule has 1 aliphatic rings. The lowest BCUT2D eigenvalue weighted by atomic mass is 10.3. The molecule has 1 fully saturated rings. The number of H-pyrrole nitrogens is 1. The van der Waals surface area contributed by atoms with E-state index in [1.807, 2.05) is 55.6 Å². The number of ether oxygens (including phenoxy) is 1. The third-order valence-electron chi connectivity index (χ3n) is 4.31. The summed E-state index contributed by atoms with van der Waals surface area (Å²) in [5.41, 5.74) is 2.75. The number of hydrogen-bond donors (Lipinski definition) is 1. The average Bonchev–Trinajstić information content (AvgIpc) is 3.45. The van der Waals surface area contributed by atoms with Crippen molar-refractivity contribution in [1.82, 2.24) is 29.5 Å². The molecule has 0 amide bonds. The van der Waals surface area contributed by atoms with Crippen LogP contribution in [0, 0.1) is 6.92 Å². The summed E-state index contributed by atoms with van der Waals surface area (Å²) in [6, 6.07) is 7.53. The summed E-state index contributed by atoms with van der Waals surface area (Å²) in [6.45, 7) is 9.10. The number of nitrogens with one attached hydrogen (secondary N) is 1. The van der Waals surface area contributed by atoms with Crippen LogP contribution in [0.25, 0.3) is 17.2 Å². The summed E-state index contributed by atoms with van der Waals surface area (Å²) in [6.07, 6.45) is 7.10. The fourth-order valence-electron chi connectivity index (χ4n) is 2.89. The monoisotopic (exact) mass is 427 g/mol. The Morgan fingerprint density at radius 2 is 1.83 bits per heavy atom. The van der Waals surface area contributed by atoms with Crippen molar-refractivity contribution in [2.45, 2.75) is 20.8 Å². The fourth-order valence-corrected chi connectivity index (χ4v) is 3.05. The molecular weight excluding hydrogens is 402 g/mol. The van der Waals surface area contributed by atoms with Gasteiger partial charge in [-0.25, -0.2) is 15.0 Å². The van der Waals surface area contributed by atoms with Gasteiger partial charge in [0.05, 0.1) is 24.4 Å². The third-order valence-corrected chi connectivity index (χ3v) is 4.54. The van der Waals surface area contributed by atoms with Crippen LogP contribution in [0.4, 0.5) is 5.82 Å². The topological polar surface area (TPSA) is 84.2 Å². The first-order valence-electron chi connectivity index (χ1n) is 9.95. The third kappa shape index (κ3) is 5.34. The molecule has 0 atom stereocenters. The van der Waals surface area contributed by atoms with Crippen molar-refractivity contribution in [3.8, 4) is 11.5 Å². The van der Waals surface area contributed by atoms with Crippen LogP contribution < -0.4 is 4.90 Å². The summed E-state index contributed by atoms with van der Waals surface area (Å²) in [5, 5.41) is 7.10. The van der Waals surface area contributed by atoms with Crippen molar-refractivity contribution in [3.05, 3.63) is 59.8 Å². The van der Waals surface area contributed by atoms with Crippen molar-refractivity contribution in [3.63, 3.8) is 0 Å². The number of rotatable bonds is 2. The molecule has 4 aromatic rings. The smallest absolute Gasteiger partial charge is 0.180 e. The Labute approximate surface area is 180 Å². The second-order valence-electron chi connectivity index (χ2n) is 6.30. The second-order valence-corrected chi connectivity index (χ2v) is 6.73. The molecule has 0 aromatic carbocycles. The van der Waals surface area contributed by atoms with Crippen molar-refractivity contribution in [2.75, 3.05) is 31.2 Å². The molecule has 30 heavy (non-hydrogen) atoms. The standard InChI is InChI=1S/C15H14ClN5O.C4H6N2.C2H6/c16-11-1-2-13-18-9-12(21(13)10-11)15-17-4-3-14(19-15)20-5-7-22-8-6-20;1-4-2-3-5-6-4;1-2/h1-4,9-10H,5-8H2;2-3H,1H3,(H,5,6);1-2H3. The molecule has 1 N–H and O–H groups in total. The second kappa shape index (κ2) is 10.7. The highest BCUT2D eigenvalue weighted by Crippen LogP contribution is 2.22. The minimum Gasteiger partial charge on any atom is -0.378 e. The first kappa shape index (κ1) is 21.7. The SMILES string of the molecule is CC.Cc1ccn[nH]1.Clc1ccc2ncc(-c3nccc(N4CCOCC4)n3)n2c1. The number of hydrogen-bond acceptors (Lipinski definition) is 6. The number of anilines is 1. The van der Waals surface area contributed by atoms with E-state index in [9.17, 15) is 0 Å². The van der Waals surface area contributed by atoms with Crippen molar-refractivity contribution in [2.24, 2.45) is 0 Å². The zero-order valence-electron chi connectivity index (χ0n) is 17.4. The van der Waals surface area contributed by atoms with Crippen LogP contribution in [-0.2, 0) is 4.74 Å². The maximum absolute atomic E-state index is 6.08. The lowest BCUT2D eigenvalue weighted by molar-refractivity contribution is 0.122. The number of morpholine rings is 1. The number of halogens is 1. The Morgan fingerprint density at radius 1 is 1.03 bits per heavy atom. The number of imidazole rings is 1. The molecule has 158 valence electrons. The predicted octanol–water partition coefficient (Wildman–Crippen LogP) is 4.03. The quantitative estimate of drug-likeness (QED) is 0.520. The van der Waals surface area contributed by atoms with Crippen molar-refractivity contribution < 1.29 is 4.74 Å². The van der Waals surface area contributed by atoms with E-state index in [-0.39, 0.29) is 0 Å². The van der Waals surface area contributed by atoms with E-state index < -0.39 is 0 Å². The van der Waals surface area contributed by atoms with Gasteiger partial charge in [-0.15, -0.1) is 0 Å². The van der Waals surface area contributed by atoms with Crippen LogP contribution in [-0.4, -0.2) is 55.9 Å². The Hall–Kier alpha value is -2.97. The molecule has 5 rings (SSSR count). The van der Waals surface area contributed by atoms with Crippen LogP contribution >= 0.6 is 11.6 Å². The Bertz CT molecular complexity index is 1040. The highest BCUT2D eigenvalue weighted by molar-refractivity contribution is 6.30. The van der Waals surface area contributed by atoms with Crippen LogP contribution in [0.5, 0.6) is 0 Å². The summed E-state index contributed by atoms with van der Waals surface area (Å²) >= 11 is 6.08. The van der Waals surface area contributed by atoms with E-state index in [0.29, 0.717) is 10.8 Å². The molecular formula is C21H26ClN7O. The Kier molecular flexibility index (Phi) is 7.75. The Morgan fingerprint density at radius 3 is 2.50 bits per heavy atom. The van der Waals surface area contributed by atoms with E-state index >= 15 is 0 Å². The minimum atomic E-state index is 0.638. The lowest BCUT2D eigenvalue weighted by Gasteiger charge is -2.27. The van der Waals surface area contributed by atoms with Gasteiger partial charge in [0, 0.05) is 37.4 Å². The summed E-state index contributed by atoms with van der Waals surface area (Å²) < 4.78 is 7.28. The Balaban J connectivity index is 0.000000273. The molecule has 1 aliphatic heterocycles. The molecule has 0 radical (unpaired) electrons. The van der Waals surface area contributed by atoms with Gasteiger partial charge in [-0.3, -0.25) is 9.50 Å². The molecule has 5 heterocycles. The van der Waals surface area contributed by atoms with E-state index in [1.165, 1.54) is 0 Å². The van der Waals surface area contributed by atoms with Gasteiger partial charge in [0.1, 0.15) is 17.2 Å². The number of nitrogens with zero attached hydrogens (tertiary/aromatic N) is 6. The number of aromatic nitrogens is 6. The first-order valence-corrected chi connectivity index (χ1v) is 10.3. The van der Waals surface area contributed by atoms with E-state index in [4.69, 9.17) is 16.3 Å². The first-order chi connectivity index (χ1) is 14.7. The largest absolute Gasteiger partial charge is 0.378 e. The zero-order valence-corrected chi connectivity index (χ0v) is 18.2. The summed E-state index contributed by atoms with van der Waals surface area (Å²) in [5.74, 6) is 1.55. The van der Waals surface area contributed by atoms with Crippen molar-refractivity contribution >= 4 is 23.1 Å². The van der Waals surface area contributed by atoms with Gasteiger partial charge in [0.25, 0.3) is 0 Å². The molecule has 0 spiro atoms. The van der Waals surface area contributed by atoms with Gasteiger partial charge in [-0.05, 0) is 31.2 Å². The van der Waals surface area contributed by atoms with E-state index in [2.05, 4.69) is 30.0 Å². The van der Waals surface area contributed by atoms with Crippen LogP contribution in [0.2, 0.25) is 5.02 Å². The molecule has 0 unspecified atom stereocenters. The minimum absolute atomic E-state index is 0.638. The molecule has 8 nitrogen and oxygen atoms in total. The van der Waals surface area contributed by atoms with Gasteiger partial charge < -0.3 is 9.64 Å². The molecule has 0 aliphatic carbocycles. The van der Waals surface area contributed by atoms with Crippen LogP contribution in [0.1, 0.15) is 19.5 Å². The highest BCUT2D eigenvalue weighted by atomic mass is 35.5. The van der Waals surface area contributed by atoms with Gasteiger partial charge in [-0.1, -0.05) is 25.4 Å². The van der Waals surface area contributed by atoms with Crippen LogP contribution in [0.15, 0.2) is 49.1 Å². The van der Waals surface area contributed by atoms with E-state index in [0.717, 1.165) is 49.2 Å². The normalized spacial score (nSPS) is 13.3. The molecule has 4 aromatic heterocycles. The highest BCUT2D eigenvalue weighted by Gasteiger charge is 2.15. The number of pyridine rings is 1. The maximum Gasteiger partial charge on any atom is 0.180 e. The lowest BCUT2D eigenvalue weighted by Crippen LogP contribution is -2.36. The number of fused-ring (bicyclic) bond motifs is 1. The molecule has 0 saturated carbocycles. The molecule has 1 saturated heterocycles. The summed E-state index contributed by atoms with van der Waals surface area (Å²) in [4.78, 5) is 15.6. The van der Waals surface area contributed by atoms with Crippen molar-refractivity contribution in [1.29, 1.82) is 0 Å². The average molecular weight is 428 g/mol.